The predicted octanol–water partition coefficient (Wildman–Crippen LogP) is 2.93. The summed E-state index contributed by atoms with van der Waals surface area (Å²) in [7, 11) is 0. The van der Waals surface area contributed by atoms with Crippen LogP contribution in [0.1, 0.15) is 26.7 Å². The van der Waals surface area contributed by atoms with Crippen molar-refractivity contribution in [2.24, 2.45) is 5.41 Å². The van der Waals surface area contributed by atoms with Gasteiger partial charge in [-0.05, 0) is 18.9 Å². The van der Waals surface area contributed by atoms with Crippen molar-refractivity contribution in [2.45, 2.75) is 26.7 Å². The van der Waals surface area contributed by atoms with Crippen molar-refractivity contribution in [3.8, 4) is 0 Å². The second kappa shape index (κ2) is 5.86. The molecule has 106 valence electrons. The molecular formula is C15H19N3O2. The Morgan fingerprint density at radius 2 is 2.00 bits per heavy atom. The van der Waals surface area contributed by atoms with Crippen molar-refractivity contribution in [3.05, 3.63) is 30.5 Å². The van der Waals surface area contributed by atoms with E-state index in [4.69, 9.17) is 0 Å². The first-order valence-electron chi connectivity index (χ1n) is 6.80. The number of fused-ring (bicyclic) bond motifs is 1. The van der Waals surface area contributed by atoms with Gasteiger partial charge in [0, 0.05) is 18.1 Å². The molecule has 1 heterocycles. The van der Waals surface area contributed by atoms with Crippen LogP contribution in [0.2, 0.25) is 0 Å². The SMILES string of the molecule is CCC(CC)(CNc1ncc2ccccc2n1)C(=O)O. The van der Waals surface area contributed by atoms with E-state index in [9.17, 15) is 9.90 Å². The van der Waals surface area contributed by atoms with Gasteiger partial charge < -0.3 is 10.4 Å². The van der Waals surface area contributed by atoms with Gasteiger partial charge in [0.1, 0.15) is 0 Å². The first kappa shape index (κ1) is 14.2. The number of nitrogens with zero attached hydrogens (tertiary/aromatic N) is 2. The highest BCUT2D eigenvalue weighted by atomic mass is 16.4. The topological polar surface area (TPSA) is 75.1 Å². The number of para-hydroxylation sites is 1. The molecule has 0 aliphatic rings. The minimum atomic E-state index is -0.782. The molecule has 2 aromatic rings. The van der Waals surface area contributed by atoms with Gasteiger partial charge in [0.05, 0.1) is 10.9 Å². The molecule has 0 aliphatic heterocycles. The summed E-state index contributed by atoms with van der Waals surface area (Å²) < 4.78 is 0. The largest absolute Gasteiger partial charge is 0.481 e. The van der Waals surface area contributed by atoms with Crippen molar-refractivity contribution >= 4 is 22.8 Å². The third-order valence-electron chi connectivity index (χ3n) is 3.88. The highest BCUT2D eigenvalue weighted by Gasteiger charge is 2.34. The van der Waals surface area contributed by atoms with E-state index in [2.05, 4.69) is 15.3 Å². The first-order chi connectivity index (χ1) is 9.61. The molecule has 0 aliphatic carbocycles. The summed E-state index contributed by atoms with van der Waals surface area (Å²) in [5, 5.41) is 13.4. The fraction of sp³-hybridized carbons (Fsp3) is 0.400. The highest BCUT2D eigenvalue weighted by molar-refractivity contribution is 5.78. The Labute approximate surface area is 118 Å². The summed E-state index contributed by atoms with van der Waals surface area (Å²) in [5.41, 5.74) is 0.0774. The molecule has 20 heavy (non-hydrogen) atoms. The molecule has 1 aromatic carbocycles. The molecule has 2 rings (SSSR count). The smallest absolute Gasteiger partial charge is 0.311 e. The lowest BCUT2D eigenvalue weighted by Crippen LogP contribution is -2.37. The lowest BCUT2D eigenvalue weighted by atomic mass is 9.82. The van der Waals surface area contributed by atoms with Crippen LogP contribution in [-0.2, 0) is 4.79 Å². The van der Waals surface area contributed by atoms with Crippen LogP contribution in [0.3, 0.4) is 0 Å². The van der Waals surface area contributed by atoms with Crippen LogP contribution in [0, 0.1) is 5.41 Å². The molecule has 5 heteroatoms. The van der Waals surface area contributed by atoms with Crippen molar-refractivity contribution in [1.29, 1.82) is 0 Å². The number of aliphatic carboxylic acids is 1. The van der Waals surface area contributed by atoms with Crippen molar-refractivity contribution in [1.82, 2.24) is 9.97 Å². The van der Waals surface area contributed by atoms with Crippen LogP contribution >= 0.6 is 0 Å². The Kier molecular flexibility index (Phi) is 4.17. The molecule has 2 N–H and O–H groups in total. The standard InChI is InChI=1S/C15H19N3O2/c1-3-15(4-2,13(19)20)10-17-14-16-9-11-7-5-6-8-12(11)18-14/h5-9H,3-4,10H2,1-2H3,(H,19,20)(H,16,17,18). The second-order valence-electron chi connectivity index (χ2n) is 4.90. The predicted molar refractivity (Wildman–Crippen MR) is 78.7 cm³/mol. The van der Waals surface area contributed by atoms with Crippen LogP contribution in [0.25, 0.3) is 10.9 Å². The summed E-state index contributed by atoms with van der Waals surface area (Å²) in [6.07, 6.45) is 2.88. The van der Waals surface area contributed by atoms with E-state index in [-0.39, 0.29) is 0 Å². The number of nitrogens with one attached hydrogen (secondary N) is 1. The van der Waals surface area contributed by atoms with Crippen LogP contribution in [0.15, 0.2) is 30.5 Å². The number of rotatable bonds is 6. The van der Waals surface area contributed by atoms with E-state index < -0.39 is 11.4 Å². The maximum absolute atomic E-state index is 11.4. The van der Waals surface area contributed by atoms with Gasteiger partial charge in [0.25, 0.3) is 0 Å². The number of hydrogen-bond donors (Lipinski definition) is 2. The van der Waals surface area contributed by atoms with Crippen molar-refractivity contribution in [3.63, 3.8) is 0 Å². The zero-order valence-corrected chi connectivity index (χ0v) is 11.8. The van der Waals surface area contributed by atoms with E-state index in [0.29, 0.717) is 25.3 Å². The molecule has 0 amide bonds. The lowest BCUT2D eigenvalue weighted by Gasteiger charge is -2.26. The van der Waals surface area contributed by atoms with Gasteiger partial charge in [0.15, 0.2) is 0 Å². The molecule has 0 radical (unpaired) electrons. The van der Waals surface area contributed by atoms with Gasteiger partial charge in [-0.1, -0.05) is 32.0 Å². The number of anilines is 1. The average Bonchev–Trinajstić information content (AvgIpc) is 2.48. The fourth-order valence-electron chi connectivity index (χ4n) is 2.18. The fourth-order valence-corrected chi connectivity index (χ4v) is 2.18. The van der Waals surface area contributed by atoms with Crippen LogP contribution in [0.5, 0.6) is 0 Å². The summed E-state index contributed by atoms with van der Waals surface area (Å²) in [6.45, 7) is 4.11. The number of carboxylic acids is 1. The molecule has 0 saturated carbocycles. The molecule has 1 aromatic heterocycles. The van der Waals surface area contributed by atoms with Gasteiger partial charge in [-0.3, -0.25) is 4.79 Å². The van der Waals surface area contributed by atoms with Crippen molar-refractivity contribution in [2.75, 3.05) is 11.9 Å². The van der Waals surface area contributed by atoms with Crippen molar-refractivity contribution < 1.29 is 9.90 Å². The second-order valence-corrected chi connectivity index (χ2v) is 4.90. The number of aromatic nitrogens is 2. The third kappa shape index (κ3) is 2.71. The van der Waals surface area contributed by atoms with Crippen LogP contribution in [0.4, 0.5) is 5.95 Å². The van der Waals surface area contributed by atoms with Gasteiger partial charge in [-0.25, -0.2) is 9.97 Å². The summed E-state index contributed by atoms with van der Waals surface area (Å²) in [4.78, 5) is 20.1. The molecule has 0 atom stereocenters. The Morgan fingerprint density at radius 3 is 2.65 bits per heavy atom. The molecule has 0 fully saturated rings. The Morgan fingerprint density at radius 1 is 1.30 bits per heavy atom. The normalized spacial score (nSPS) is 11.5. The highest BCUT2D eigenvalue weighted by Crippen LogP contribution is 2.27. The maximum atomic E-state index is 11.4. The zero-order valence-electron chi connectivity index (χ0n) is 11.8. The monoisotopic (exact) mass is 273 g/mol. The van der Waals surface area contributed by atoms with E-state index in [1.54, 1.807) is 6.20 Å². The summed E-state index contributed by atoms with van der Waals surface area (Å²) in [5.74, 6) is -0.313. The molecule has 0 unspecified atom stereocenters. The summed E-state index contributed by atoms with van der Waals surface area (Å²) in [6, 6.07) is 7.70. The molecule has 5 nitrogen and oxygen atoms in total. The molecular weight excluding hydrogens is 254 g/mol. The zero-order chi connectivity index (χ0) is 14.6. The molecule has 0 saturated heterocycles. The minimum absolute atomic E-state index is 0.327. The van der Waals surface area contributed by atoms with E-state index >= 15 is 0 Å². The summed E-state index contributed by atoms with van der Waals surface area (Å²) >= 11 is 0. The molecule has 0 bridgehead atoms. The average molecular weight is 273 g/mol. The third-order valence-corrected chi connectivity index (χ3v) is 3.88. The number of carbonyl (C=O) groups is 1. The van der Waals surface area contributed by atoms with Gasteiger partial charge in [-0.15, -0.1) is 0 Å². The quantitative estimate of drug-likeness (QED) is 0.846. The van der Waals surface area contributed by atoms with E-state index in [1.165, 1.54) is 0 Å². The number of benzene rings is 1. The van der Waals surface area contributed by atoms with Crippen LogP contribution < -0.4 is 5.32 Å². The van der Waals surface area contributed by atoms with Gasteiger partial charge >= 0.3 is 5.97 Å². The number of carboxylic acid groups (broad SMARTS) is 1. The van der Waals surface area contributed by atoms with E-state index in [1.807, 2.05) is 38.1 Å². The number of hydrogen-bond acceptors (Lipinski definition) is 4. The first-order valence-corrected chi connectivity index (χ1v) is 6.80. The van der Waals surface area contributed by atoms with E-state index in [0.717, 1.165) is 10.9 Å². The Balaban J connectivity index is 2.17. The molecule has 0 spiro atoms. The maximum Gasteiger partial charge on any atom is 0.311 e. The Bertz CT molecular complexity index is 609. The Hall–Kier alpha value is -2.17. The lowest BCUT2D eigenvalue weighted by molar-refractivity contribution is -0.148. The van der Waals surface area contributed by atoms with Gasteiger partial charge in [-0.2, -0.15) is 0 Å². The van der Waals surface area contributed by atoms with Gasteiger partial charge in [0.2, 0.25) is 5.95 Å². The minimum Gasteiger partial charge on any atom is -0.481 e. The van der Waals surface area contributed by atoms with Crippen LogP contribution in [-0.4, -0.2) is 27.6 Å².